The Hall–Kier alpha value is -4.08. The van der Waals surface area contributed by atoms with E-state index in [9.17, 15) is 9.59 Å². The number of rotatable bonds is 5. The van der Waals surface area contributed by atoms with Gasteiger partial charge in [0.15, 0.2) is 0 Å². The first-order valence-electron chi connectivity index (χ1n) is 11.2. The van der Waals surface area contributed by atoms with Gasteiger partial charge in [-0.05, 0) is 30.7 Å². The van der Waals surface area contributed by atoms with Crippen LogP contribution < -0.4 is 11.1 Å². The van der Waals surface area contributed by atoms with Crippen molar-refractivity contribution in [2.75, 3.05) is 0 Å². The normalized spacial score (nSPS) is 11.5. The largest absolute Gasteiger partial charge is 0.306 e. The Morgan fingerprint density at radius 3 is 2.58 bits per heavy atom. The van der Waals surface area contributed by atoms with Crippen LogP contribution in [0.4, 0.5) is 0 Å². The fraction of sp³-hybridized carbons (Fsp3) is 0.115. The summed E-state index contributed by atoms with van der Waals surface area (Å²) in [6.07, 6.45) is 3.38. The second kappa shape index (κ2) is 8.85. The average Bonchev–Trinajstić information content (AvgIpc) is 3.41. The lowest BCUT2D eigenvalue weighted by molar-refractivity contribution is 0.610. The van der Waals surface area contributed by atoms with E-state index in [0.717, 1.165) is 10.3 Å². The standard InChI is InChI=1S/C26H19ClN6O2S/c1-16-24-20(12-23(34)31(16)15-18-8-5-9-22(27)29-18)32(14-17-6-3-2-4-7-17)33(25(24)35)26-30-19-13-28-11-10-21(19)36-26/h2-13H,14-15H2,1H3. The van der Waals surface area contributed by atoms with Crippen molar-refractivity contribution in [1.29, 1.82) is 0 Å². The molecule has 0 N–H and O–H groups in total. The van der Waals surface area contributed by atoms with Crippen molar-refractivity contribution in [3.63, 3.8) is 0 Å². The lowest BCUT2D eigenvalue weighted by Gasteiger charge is -2.12. The van der Waals surface area contributed by atoms with Crippen molar-refractivity contribution in [3.05, 3.63) is 116 Å². The van der Waals surface area contributed by atoms with E-state index >= 15 is 0 Å². The number of pyridine rings is 3. The third-order valence-electron chi connectivity index (χ3n) is 6.10. The maximum atomic E-state index is 13.9. The predicted octanol–water partition coefficient (Wildman–Crippen LogP) is 4.41. The molecular formula is C26H19ClN6O2S. The summed E-state index contributed by atoms with van der Waals surface area (Å²) >= 11 is 7.45. The molecule has 0 aliphatic heterocycles. The topological polar surface area (TPSA) is 87.6 Å². The van der Waals surface area contributed by atoms with E-state index in [0.29, 0.717) is 44.6 Å². The Bertz CT molecular complexity index is 1840. The van der Waals surface area contributed by atoms with Gasteiger partial charge in [0.25, 0.3) is 11.1 Å². The summed E-state index contributed by atoms with van der Waals surface area (Å²) in [5, 5.41) is 1.33. The molecule has 0 atom stereocenters. The number of nitrogens with zero attached hydrogens (tertiary/aromatic N) is 6. The number of aryl methyl sites for hydroxylation is 1. The minimum Gasteiger partial charge on any atom is -0.306 e. The summed E-state index contributed by atoms with van der Waals surface area (Å²) in [7, 11) is 0. The van der Waals surface area contributed by atoms with Crippen molar-refractivity contribution in [1.82, 2.24) is 28.9 Å². The van der Waals surface area contributed by atoms with Crippen LogP contribution in [0.5, 0.6) is 0 Å². The number of fused-ring (bicyclic) bond motifs is 2. The van der Waals surface area contributed by atoms with E-state index < -0.39 is 0 Å². The molecule has 0 saturated heterocycles. The molecule has 0 bridgehead atoms. The highest BCUT2D eigenvalue weighted by Crippen LogP contribution is 2.26. The van der Waals surface area contributed by atoms with Crippen LogP contribution in [-0.4, -0.2) is 28.9 Å². The van der Waals surface area contributed by atoms with Gasteiger partial charge in [-0.3, -0.25) is 19.3 Å². The zero-order valence-corrected chi connectivity index (χ0v) is 20.7. The number of benzene rings is 1. The van der Waals surface area contributed by atoms with Crippen LogP contribution in [-0.2, 0) is 13.1 Å². The summed E-state index contributed by atoms with van der Waals surface area (Å²) in [5.74, 6) is 0. The molecule has 36 heavy (non-hydrogen) atoms. The van der Waals surface area contributed by atoms with Crippen LogP contribution in [0.25, 0.3) is 26.3 Å². The smallest absolute Gasteiger partial charge is 0.283 e. The zero-order valence-electron chi connectivity index (χ0n) is 19.1. The van der Waals surface area contributed by atoms with Crippen molar-refractivity contribution in [3.8, 4) is 5.13 Å². The highest BCUT2D eigenvalue weighted by atomic mass is 35.5. The minimum absolute atomic E-state index is 0.206. The first kappa shape index (κ1) is 22.4. The quantitative estimate of drug-likeness (QED) is 0.318. The molecule has 0 unspecified atom stereocenters. The minimum atomic E-state index is -0.238. The molecule has 0 spiro atoms. The molecule has 0 aliphatic carbocycles. The van der Waals surface area contributed by atoms with Crippen LogP contribution in [0.3, 0.4) is 0 Å². The van der Waals surface area contributed by atoms with Crippen LogP contribution in [0.15, 0.2) is 82.6 Å². The number of hydrogen-bond donors (Lipinski definition) is 0. The lowest BCUT2D eigenvalue weighted by Crippen LogP contribution is -2.24. The fourth-order valence-electron chi connectivity index (χ4n) is 4.40. The second-order valence-corrected chi connectivity index (χ2v) is 9.76. The summed E-state index contributed by atoms with van der Waals surface area (Å²) in [5.41, 5.74) is 2.99. The summed E-state index contributed by atoms with van der Waals surface area (Å²) in [6, 6.07) is 18.5. The Labute approximate surface area is 213 Å². The Morgan fingerprint density at radius 2 is 1.81 bits per heavy atom. The number of aromatic nitrogens is 6. The number of hydrogen-bond acceptors (Lipinski definition) is 6. The molecule has 0 saturated carbocycles. The number of halogens is 1. The van der Waals surface area contributed by atoms with Crippen molar-refractivity contribution in [2.24, 2.45) is 0 Å². The predicted molar refractivity (Wildman–Crippen MR) is 141 cm³/mol. The SMILES string of the molecule is Cc1c2c(=O)n(-c3nc4cnccc4s3)n(Cc3ccccc3)c2cc(=O)n1Cc1cccc(Cl)n1. The average molecular weight is 515 g/mol. The molecule has 0 amide bonds. The van der Waals surface area contributed by atoms with Crippen LogP contribution in [0, 0.1) is 6.92 Å². The molecule has 0 radical (unpaired) electrons. The van der Waals surface area contributed by atoms with Crippen LogP contribution in [0.1, 0.15) is 17.0 Å². The molecule has 5 heterocycles. The number of thiazole rings is 1. The zero-order chi connectivity index (χ0) is 24.8. The van der Waals surface area contributed by atoms with Crippen molar-refractivity contribution >= 4 is 44.1 Å². The van der Waals surface area contributed by atoms with Gasteiger partial charge in [0.1, 0.15) is 10.7 Å². The molecule has 10 heteroatoms. The van der Waals surface area contributed by atoms with Gasteiger partial charge in [-0.25, -0.2) is 9.97 Å². The van der Waals surface area contributed by atoms with Gasteiger partial charge >= 0.3 is 0 Å². The molecule has 8 nitrogen and oxygen atoms in total. The highest BCUT2D eigenvalue weighted by Gasteiger charge is 2.22. The third kappa shape index (κ3) is 3.82. The van der Waals surface area contributed by atoms with Crippen LogP contribution in [0.2, 0.25) is 5.15 Å². The van der Waals surface area contributed by atoms with Gasteiger partial charge in [0.2, 0.25) is 5.13 Å². The molecule has 178 valence electrons. The second-order valence-electron chi connectivity index (χ2n) is 8.37. The summed E-state index contributed by atoms with van der Waals surface area (Å²) in [6.45, 7) is 2.39. The van der Waals surface area contributed by atoms with E-state index in [1.54, 1.807) is 46.8 Å². The van der Waals surface area contributed by atoms with Gasteiger partial charge in [-0.2, -0.15) is 4.68 Å². The molecule has 0 fully saturated rings. The Kier molecular flexibility index (Phi) is 5.50. The van der Waals surface area contributed by atoms with Crippen LogP contribution >= 0.6 is 22.9 Å². The van der Waals surface area contributed by atoms with E-state index in [1.165, 1.54) is 17.4 Å². The van der Waals surface area contributed by atoms with Gasteiger partial charge < -0.3 is 4.57 Å². The lowest BCUT2D eigenvalue weighted by atomic mass is 10.2. The van der Waals surface area contributed by atoms with Gasteiger partial charge in [0, 0.05) is 18.0 Å². The van der Waals surface area contributed by atoms with Crippen molar-refractivity contribution < 1.29 is 0 Å². The maximum absolute atomic E-state index is 13.9. The Balaban J connectivity index is 1.61. The molecule has 1 aromatic carbocycles. The molecule has 0 aliphatic rings. The molecule has 6 aromatic rings. The van der Waals surface area contributed by atoms with Gasteiger partial charge in [-0.15, -0.1) is 0 Å². The van der Waals surface area contributed by atoms with E-state index in [2.05, 4.69) is 15.0 Å². The van der Waals surface area contributed by atoms with E-state index in [-0.39, 0.29) is 17.7 Å². The summed E-state index contributed by atoms with van der Waals surface area (Å²) < 4.78 is 5.87. The first-order valence-corrected chi connectivity index (χ1v) is 12.4. The third-order valence-corrected chi connectivity index (χ3v) is 7.33. The summed E-state index contributed by atoms with van der Waals surface area (Å²) in [4.78, 5) is 40.4. The van der Waals surface area contributed by atoms with Gasteiger partial charge in [0.05, 0.1) is 40.6 Å². The monoisotopic (exact) mass is 514 g/mol. The molecule has 6 rings (SSSR count). The first-order chi connectivity index (χ1) is 17.5. The Morgan fingerprint density at radius 1 is 0.972 bits per heavy atom. The highest BCUT2D eigenvalue weighted by molar-refractivity contribution is 7.20. The van der Waals surface area contributed by atoms with Crippen molar-refractivity contribution in [2.45, 2.75) is 20.0 Å². The van der Waals surface area contributed by atoms with E-state index in [1.807, 2.05) is 41.1 Å². The molecule has 5 aromatic heterocycles. The fourth-order valence-corrected chi connectivity index (χ4v) is 5.52. The van der Waals surface area contributed by atoms with E-state index in [4.69, 9.17) is 11.6 Å². The molecular weight excluding hydrogens is 496 g/mol. The maximum Gasteiger partial charge on any atom is 0.283 e. The van der Waals surface area contributed by atoms with Gasteiger partial charge in [-0.1, -0.05) is 59.3 Å².